The minimum absolute atomic E-state index is 0.0717. The first-order valence-corrected chi connectivity index (χ1v) is 12.6. The van der Waals surface area contributed by atoms with Crippen molar-refractivity contribution in [3.8, 4) is 5.75 Å². The van der Waals surface area contributed by atoms with Crippen LogP contribution in [0.15, 0.2) is 12.1 Å². The molecule has 2 aliphatic heterocycles. The number of hydrogen-bond acceptors (Lipinski definition) is 6. The monoisotopic (exact) mass is 494 g/mol. The molecule has 0 unspecified atom stereocenters. The molecule has 3 rings (SSSR count). The number of carbonyl (C=O) groups excluding carboxylic acids is 2. The standard InChI is InChI=1S/C25H39ClN4O4/c1-16(2)25(32)30-11-6-17(7-12-30)5-9-29-10-8-21(23(15-29)34-4)28-24(31)18-13-19(26)20(27)14-22(18)33-3/h13-14,16-17,21,23H,5-12,15,27H2,1-4H3,(H,28,31)/t21-,23+/m1/s1. The van der Waals surface area contributed by atoms with Crippen molar-refractivity contribution in [1.82, 2.24) is 15.1 Å². The van der Waals surface area contributed by atoms with Gasteiger partial charge in [0.05, 0.1) is 35.5 Å². The number of piperidine rings is 2. The van der Waals surface area contributed by atoms with Crippen molar-refractivity contribution < 1.29 is 19.1 Å². The molecule has 190 valence electrons. The maximum Gasteiger partial charge on any atom is 0.255 e. The Hall–Kier alpha value is -2.03. The Labute approximate surface area is 208 Å². The molecule has 2 fully saturated rings. The third-order valence-electron chi connectivity index (χ3n) is 7.10. The second-order valence-electron chi connectivity index (χ2n) is 9.73. The van der Waals surface area contributed by atoms with E-state index in [-0.39, 0.29) is 29.9 Å². The summed E-state index contributed by atoms with van der Waals surface area (Å²) in [4.78, 5) is 29.6. The highest BCUT2D eigenvalue weighted by molar-refractivity contribution is 6.33. The number of rotatable bonds is 8. The molecule has 2 amide bonds. The zero-order valence-corrected chi connectivity index (χ0v) is 21.6. The van der Waals surface area contributed by atoms with Crippen LogP contribution in [0.4, 0.5) is 5.69 Å². The van der Waals surface area contributed by atoms with Gasteiger partial charge in [0, 0.05) is 45.3 Å². The Morgan fingerprint density at radius 1 is 1.18 bits per heavy atom. The minimum Gasteiger partial charge on any atom is -0.496 e. The summed E-state index contributed by atoms with van der Waals surface area (Å²) in [7, 11) is 3.19. The zero-order chi connectivity index (χ0) is 24.8. The molecule has 2 saturated heterocycles. The van der Waals surface area contributed by atoms with Crippen LogP contribution in [0.2, 0.25) is 5.02 Å². The molecule has 0 spiro atoms. The van der Waals surface area contributed by atoms with Crippen LogP contribution in [-0.2, 0) is 9.53 Å². The lowest BCUT2D eigenvalue weighted by atomic mass is 9.92. The van der Waals surface area contributed by atoms with Crippen molar-refractivity contribution in [2.24, 2.45) is 11.8 Å². The van der Waals surface area contributed by atoms with Gasteiger partial charge in [-0.25, -0.2) is 0 Å². The largest absolute Gasteiger partial charge is 0.496 e. The molecule has 2 aliphatic rings. The molecule has 0 saturated carbocycles. The molecule has 34 heavy (non-hydrogen) atoms. The summed E-state index contributed by atoms with van der Waals surface area (Å²) in [5.74, 6) is 1.14. The Bertz CT molecular complexity index is 858. The van der Waals surface area contributed by atoms with Gasteiger partial charge in [0.1, 0.15) is 5.75 Å². The summed E-state index contributed by atoms with van der Waals surface area (Å²) >= 11 is 6.13. The van der Waals surface area contributed by atoms with Crippen molar-refractivity contribution in [3.05, 3.63) is 22.7 Å². The number of amides is 2. The molecule has 2 heterocycles. The van der Waals surface area contributed by atoms with E-state index in [1.807, 2.05) is 18.7 Å². The molecule has 1 aromatic rings. The quantitative estimate of drug-likeness (QED) is 0.539. The molecule has 9 heteroatoms. The second kappa shape index (κ2) is 12.1. The highest BCUT2D eigenvalue weighted by Crippen LogP contribution is 2.29. The predicted molar refractivity (Wildman–Crippen MR) is 134 cm³/mol. The number of anilines is 1. The van der Waals surface area contributed by atoms with Crippen LogP contribution in [0, 0.1) is 11.8 Å². The van der Waals surface area contributed by atoms with E-state index >= 15 is 0 Å². The van der Waals surface area contributed by atoms with Gasteiger partial charge in [-0.15, -0.1) is 0 Å². The van der Waals surface area contributed by atoms with E-state index < -0.39 is 0 Å². The van der Waals surface area contributed by atoms with Crippen molar-refractivity contribution in [1.29, 1.82) is 0 Å². The summed E-state index contributed by atoms with van der Waals surface area (Å²) in [5, 5.41) is 3.42. The summed E-state index contributed by atoms with van der Waals surface area (Å²) < 4.78 is 11.1. The third-order valence-corrected chi connectivity index (χ3v) is 7.43. The molecule has 2 atom stereocenters. The fraction of sp³-hybridized carbons (Fsp3) is 0.680. The first-order valence-electron chi connectivity index (χ1n) is 12.2. The van der Waals surface area contributed by atoms with E-state index in [1.54, 1.807) is 19.2 Å². The average Bonchev–Trinajstić information content (AvgIpc) is 2.84. The fourth-order valence-corrected chi connectivity index (χ4v) is 5.09. The number of ether oxygens (including phenoxy) is 2. The van der Waals surface area contributed by atoms with Crippen LogP contribution < -0.4 is 15.8 Å². The lowest BCUT2D eigenvalue weighted by Crippen LogP contribution is -2.55. The normalized spacial score (nSPS) is 22.1. The summed E-state index contributed by atoms with van der Waals surface area (Å²) in [6.45, 7) is 8.35. The molecule has 8 nitrogen and oxygen atoms in total. The molecule has 0 aromatic heterocycles. The van der Waals surface area contributed by atoms with Gasteiger partial charge in [-0.2, -0.15) is 0 Å². The lowest BCUT2D eigenvalue weighted by Gasteiger charge is -2.39. The molecule has 0 radical (unpaired) electrons. The number of hydrogen-bond donors (Lipinski definition) is 2. The number of carbonyl (C=O) groups is 2. The number of nitrogens with two attached hydrogens (primary N) is 1. The maximum absolute atomic E-state index is 13.0. The van der Waals surface area contributed by atoms with Crippen LogP contribution in [0.5, 0.6) is 5.75 Å². The smallest absolute Gasteiger partial charge is 0.255 e. The van der Waals surface area contributed by atoms with Crippen molar-refractivity contribution in [2.45, 2.75) is 51.7 Å². The Kier molecular flexibility index (Phi) is 9.45. The Morgan fingerprint density at radius 2 is 1.88 bits per heavy atom. The van der Waals surface area contributed by atoms with Gasteiger partial charge in [-0.05, 0) is 44.2 Å². The lowest BCUT2D eigenvalue weighted by molar-refractivity contribution is -0.135. The van der Waals surface area contributed by atoms with Gasteiger partial charge in [-0.3, -0.25) is 9.59 Å². The van der Waals surface area contributed by atoms with Gasteiger partial charge in [0.15, 0.2) is 0 Å². The van der Waals surface area contributed by atoms with Gasteiger partial charge in [-0.1, -0.05) is 25.4 Å². The Balaban J connectivity index is 1.48. The number of nitrogens with zero attached hydrogens (tertiary/aromatic N) is 2. The topological polar surface area (TPSA) is 97.1 Å². The SMILES string of the molecule is COc1cc(N)c(Cl)cc1C(=O)N[C@@H]1CCN(CCC2CCN(C(=O)C(C)C)CC2)C[C@@H]1OC. The predicted octanol–water partition coefficient (Wildman–Crippen LogP) is 3.03. The van der Waals surface area contributed by atoms with E-state index in [4.69, 9.17) is 26.8 Å². The number of methoxy groups -OCH3 is 2. The van der Waals surface area contributed by atoms with Crippen LogP contribution in [0.3, 0.4) is 0 Å². The highest BCUT2D eigenvalue weighted by atomic mass is 35.5. The zero-order valence-electron chi connectivity index (χ0n) is 20.8. The number of nitrogen functional groups attached to an aromatic ring is 1. The van der Waals surface area contributed by atoms with Gasteiger partial charge in [0.2, 0.25) is 5.91 Å². The molecular weight excluding hydrogens is 456 g/mol. The van der Waals surface area contributed by atoms with Crippen LogP contribution in [0.25, 0.3) is 0 Å². The Morgan fingerprint density at radius 3 is 2.50 bits per heavy atom. The molecule has 3 N–H and O–H groups in total. The molecule has 0 aliphatic carbocycles. The first-order chi connectivity index (χ1) is 16.2. The minimum atomic E-state index is -0.248. The fourth-order valence-electron chi connectivity index (χ4n) is 4.92. The molecule has 0 bridgehead atoms. The highest BCUT2D eigenvalue weighted by Gasteiger charge is 2.32. The van der Waals surface area contributed by atoms with Gasteiger partial charge < -0.3 is 30.3 Å². The van der Waals surface area contributed by atoms with E-state index in [2.05, 4.69) is 10.2 Å². The summed E-state index contributed by atoms with van der Waals surface area (Å²) in [6.07, 6.45) is 3.98. The number of halogens is 1. The van der Waals surface area contributed by atoms with Crippen molar-refractivity contribution in [3.63, 3.8) is 0 Å². The van der Waals surface area contributed by atoms with Crippen molar-refractivity contribution >= 4 is 29.1 Å². The molecular formula is C25H39ClN4O4. The molecule has 1 aromatic carbocycles. The van der Waals surface area contributed by atoms with Crippen molar-refractivity contribution in [2.75, 3.05) is 52.7 Å². The van der Waals surface area contributed by atoms with Crippen LogP contribution in [0.1, 0.15) is 49.9 Å². The van der Waals surface area contributed by atoms with E-state index in [9.17, 15) is 9.59 Å². The van der Waals surface area contributed by atoms with E-state index in [1.165, 1.54) is 7.11 Å². The maximum atomic E-state index is 13.0. The van der Waals surface area contributed by atoms with Gasteiger partial charge in [0.25, 0.3) is 5.91 Å². The van der Waals surface area contributed by atoms with E-state index in [0.717, 1.165) is 58.4 Å². The second-order valence-corrected chi connectivity index (χ2v) is 10.1. The number of benzene rings is 1. The average molecular weight is 495 g/mol. The number of nitrogens with one attached hydrogen (secondary N) is 1. The van der Waals surface area contributed by atoms with E-state index in [0.29, 0.717) is 27.9 Å². The van der Waals surface area contributed by atoms with Crippen LogP contribution >= 0.6 is 11.6 Å². The third kappa shape index (κ3) is 6.55. The summed E-state index contributed by atoms with van der Waals surface area (Å²) in [5.41, 5.74) is 6.57. The number of likely N-dealkylation sites (tertiary alicyclic amines) is 2. The van der Waals surface area contributed by atoms with Gasteiger partial charge >= 0.3 is 0 Å². The first kappa shape index (κ1) is 26.6. The summed E-state index contributed by atoms with van der Waals surface area (Å²) in [6, 6.07) is 3.01. The van der Waals surface area contributed by atoms with Crippen LogP contribution in [-0.4, -0.2) is 80.7 Å².